The molecule has 1 heterocycles. The smallest absolute Gasteiger partial charge is 0.268 e. The van der Waals surface area contributed by atoms with Crippen LogP contribution in [0.4, 0.5) is 0 Å². The van der Waals surface area contributed by atoms with Crippen molar-refractivity contribution >= 4 is 29.2 Å². The number of benzene rings is 2. The van der Waals surface area contributed by atoms with E-state index >= 15 is 0 Å². The third-order valence-electron chi connectivity index (χ3n) is 4.95. The number of thiophene rings is 1. The first kappa shape index (κ1) is 25.6. The van der Waals surface area contributed by atoms with E-state index in [1.807, 2.05) is 36.6 Å². The van der Waals surface area contributed by atoms with Crippen LogP contribution in [-0.4, -0.2) is 39.8 Å². The quantitative estimate of drug-likeness (QED) is 0.385. The Balaban J connectivity index is 1.78. The summed E-state index contributed by atoms with van der Waals surface area (Å²) in [5.74, 6) is 1.24. The Kier molecular flexibility index (Phi) is 9.14. The summed E-state index contributed by atoms with van der Waals surface area (Å²) >= 11 is 1.45. The minimum absolute atomic E-state index is 0.116. The van der Waals surface area contributed by atoms with E-state index in [4.69, 9.17) is 18.9 Å². The SMILES string of the molecule is CCOc1cc(CNC(=O)/C(=C/c2cccs2)NC(=O)c2ccc(OC)c(OC)c2)ccc1OC. The van der Waals surface area contributed by atoms with E-state index in [0.717, 1.165) is 10.4 Å². The number of hydrogen-bond acceptors (Lipinski definition) is 7. The maximum absolute atomic E-state index is 13.1. The van der Waals surface area contributed by atoms with Gasteiger partial charge in [0.1, 0.15) is 5.70 Å². The molecule has 0 unspecified atom stereocenters. The largest absolute Gasteiger partial charge is 0.493 e. The van der Waals surface area contributed by atoms with E-state index in [9.17, 15) is 9.59 Å². The second-order valence-corrected chi connectivity index (χ2v) is 8.18. The van der Waals surface area contributed by atoms with Crippen LogP contribution >= 0.6 is 11.3 Å². The molecular formula is C26H28N2O6S. The molecule has 2 amide bonds. The molecule has 0 saturated heterocycles. The lowest BCUT2D eigenvalue weighted by molar-refractivity contribution is -0.117. The second-order valence-electron chi connectivity index (χ2n) is 7.20. The van der Waals surface area contributed by atoms with Gasteiger partial charge in [0.25, 0.3) is 11.8 Å². The first-order valence-corrected chi connectivity index (χ1v) is 11.7. The van der Waals surface area contributed by atoms with Crippen molar-refractivity contribution in [3.63, 3.8) is 0 Å². The van der Waals surface area contributed by atoms with Gasteiger partial charge in [0.15, 0.2) is 23.0 Å². The Labute approximate surface area is 208 Å². The zero-order valence-corrected chi connectivity index (χ0v) is 20.9. The van der Waals surface area contributed by atoms with E-state index in [1.54, 1.807) is 37.5 Å². The van der Waals surface area contributed by atoms with Gasteiger partial charge in [-0.05, 0) is 60.3 Å². The van der Waals surface area contributed by atoms with Crippen molar-refractivity contribution in [3.05, 3.63) is 75.6 Å². The molecule has 2 aromatic carbocycles. The summed E-state index contributed by atoms with van der Waals surface area (Å²) in [5, 5.41) is 7.47. The fraction of sp³-hybridized carbons (Fsp3) is 0.231. The summed E-state index contributed by atoms with van der Waals surface area (Å²) in [7, 11) is 4.58. The Morgan fingerprint density at radius 1 is 0.914 bits per heavy atom. The number of rotatable bonds is 11. The van der Waals surface area contributed by atoms with E-state index in [1.165, 1.54) is 25.6 Å². The van der Waals surface area contributed by atoms with Gasteiger partial charge in [0, 0.05) is 17.0 Å². The van der Waals surface area contributed by atoms with Crippen molar-refractivity contribution in [2.75, 3.05) is 27.9 Å². The van der Waals surface area contributed by atoms with Crippen LogP contribution in [0.3, 0.4) is 0 Å². The molecule has 0 atom stereocenters. The van der Waals surface area contributed by atoms with Gasteiger partial charge in [-0.15, -0.1) is 11.3 Å². The van der Waals surface area contributed by atoms with Crippen LogP contribution in [0.1, 0.15) is 27.7 Å². The third kappa shape index (κ3) is 6.77. The Morgan fingerprint density at radius 2 is 1.63 bits per heavy atom. The molecule has 2 N–H and O–H groups in total. The van der Waals surface area contributed by atoms with Crippen LogP contribution < -0.4 is 29.6 Å². The number of hydrogen-bond donors (Lipinski definition) is 2. The number of methoxy groups -OCH3 is 3. The molecule has 35 heavy (non-hydrogen) atoms. The fourth-order valence-electron chi connectivity index (χ4n) is 3.22. The lowest BCUT2D eigenvalue weighted by Gasteiger charge is -2.14. The highest BCUT2D eigenvalue weighted by Crippen LogP contribution is 2.29. The summed E-state index contributed by atoms with van der Waals surface area (Å²) in [6, 6.07) is 14.0. The Morgan fingerprint density at radius 3 is 2.29 bits per heavy atom. The molecule has 3 rings (SSSR count). The Bertz CT molecular complexity index is 1190. The number of carbonyl (C=O) groups excluding carboxylic acids is 2. The highest BCUT2D eigenvalue weighted by atomic mass is 32.1. The van der Waals surface area contributed by atoms with Gasteiger partial charge in [-0.1, -0.05) is 12.1 Å². The Hall–Kier alpha value is -3.98. The molecule has 3 aromatic rings. The highest BCUT2D eigenvalue weighted by Gasteiger charge is 2.17. The van der Waals surface area contributed by atoms with Crippen molar-refractivity contribution in [2.24, 2.45) is 0 Å². The van der Waals surface area contributed by atoms with Gasteiger partial charge >= 0.3 is 0 Å². The summed E-state index contributed by atoms with van der Waals surface area (Å²) in [6.45, 7) is 2.61. The predicted octanol–water partition coefficient (Wildman–Crippen LogP) is 4.26. The standard InChI is InChI=1S/C26H28N2O6S/c1-5-34-24-13-17(8-10-22(24)32-3)16-27-26(30)20(15-19-7-6-12-35-19)28-25(29)18-9-11-21(31-2)23(14-18)33-4/h6-15H,5,16H2,1-4H3,(H,27,30)(H,28,29)/b20-15-. The number of carbonyl (C=O) groups is 2. The van der Waals surface area contributed by atoms with E-state index in [2.05, 4.69) is 10.6 Å². The molecule has 0 aliphatic rings. The van der Waals surface area contributed by atoms with Crippen LogP contribution in [0.5, 0.6) is 23.0 Å². The van der Waals surface area contributed by atoms with Crippen LogP contribution in [0.15, 0.2) is 59.6 Å². The third-order valence-corrected chi connectivity index (χ3v) is 5.77. The molecule has 0 aliphatic carbocycles. The molecule has 1 aromatic heterocycles. The van der Waals surface area contributed by atoms with Crippen LogP contribution in [0.2, 0.25) is 0 Å². The lowest BCUT2D eigenvalue weighted by atomic mass is 10.1. The van der Waals surface area contributed by atoms with Crippen molar-refractivity contribution < 1.29 is 28.5 Å². The summed E-state index contributed by atoms with van der Waals surface area (Å²) < 4.78 is 21.4. The molecule has 0 spiro atoms. The number of nitrogens with one attached hydrogen (secondary N) is 2. The normalized spacial score (nSPS) is 10.9. The van der Waals surface area contributed by atoms with Gasteiger partial charge in [-0.3, -0.25) is 9.59 Å². The van der Waals surface area contributed by atoms with Gasteiger partial charge in [-0.2, -0.15) is 0 Å². The second kappa shape index (κ2) is 12.5. The summed E-state index contributed by atoms with van der Waals surface area (Å²) in [6.07, 6.45) is 1.64. The molecule has 0 bridgehead atoms. The lowest BCUT2D eigenvalue weighted by Crippen LogP contribution is -2.34. The van der Waals surface area contributed by atoms with Gasteiger partial charge in [-0.25, -0.2) is 0 Å². The topological polar surface area (TPSA) is 95.1 Å². The molecule has 184 valence electrons. The molecule has 0 saturated carbocycles. The number of ether oxygens (including phenoxy) is 4. The maximum atomic E-state index is 13.1. The maximum Gasteiger partial charge on any atom is 0.268 e. The van der Waals surface area contributed by atoms with Crippen molar-refractivity contribution in [1.29, 1.82) is 0 Å². The van der Waals surface area contributed by atoms with Crippen molar-refractivity contribution in [1.82, 2.24) is 10.6 Å². The minimum Gasteiger partial charge on any atom is -0.493 e. The average molecular weight is 497 g/mol. The molecule has 0 fully saturated rings. The first-order valence-electron chi connectivity index (χ1n) is 10.9. The van der Waals surface area contributed by atoms with Crippen molar-refractivity contribution in [2.45, 2.75) is 13.5 Å². The monoisotopic (exact) mass is 496 g/mol. The highest BCUT2D eigenvalue weighted by molar-refractivity contribution is 7.10. The predicted molar refractivity (Wildman–Crippen MR) is 135 cm³/mol. The molecule has 0 radical (unpaired) electrons. The van der Waals surface area contributed by atoms with Gasteiger partial charge in [0.05, 0.1) is 27.9 Å². The molecule has 0 aliphatic heterocycles. The van der Waals surface area contributed by atoms with E-state index < -0.39 is 11.8 Å². The zero-order valence-electron chi connectivity index (χ0n) is 20.0. The zero-order chi connectivity index (χ0) is 25.2. The van der Waals surface area contributed by atoms with Gasteiger partial charge < -0.3 is 29.6 Å². The summed E-state index contributed by atoms with van der Waals surface area (Å²) in [5.41, 5.74) is 1.26. The van der Waals surface area contributed by atoms with Crippen LogP contribution in [0, 0.1) is 0 Å². The van der Waals surface area contributed by atoms with Crippen LogP contribution in [-0.2, 0) is 11.3 Å². The first-order chi connectivity index (χ1) is 17.0. The average Bonchev–Trinajstić information content (AvgIpc) is 3.39. The van der Waals surface area contributed by atoms with Crippen LogP contribution in [0.25, 0.3) is 6.08 Å². The van der Waals surface area contributed by atoms with E-state index in [0.29, 0.717) is 35.2 Å². The summed E-state index contributed by atoms with van der Waals surface area (Å²) in [4.78, 5) is 26.9. The van der Waals surface area contributed by atoms with E-state index in [-0.39, 0.29) is 12.2 Å². The molecule has 9 heteroatoms. The fourth-order valence-corrected chi connectivity index (χ4v) is 3.88. The molecular weight excluding hydrogens is 468 g/mol. The van der Waals surface area contributed by atoms with Gasteiger partial charge in [0.2, 0.25) is 0 Å². The molecule has 8 nitrogen and oxygen atoms in total. The minimum atomic E-state index is -0.452. The van der Waals surface area contributed by atoms with Crippen molar-refractivity contribution in [3.8, 4) is 23.0 Å². The number of amides is 2.